The van der Waals surface area contributed by atoms with Crippen LogP contribution < -0.4 is 9.80 Å². The number of nitrogens with zero attached hydrogens (tertiary/aromatic N) is 3. The fourth-order valence-electron chi connectivity index (χ4n) is 14.2. The Bertz CT molecular complexity index is 5230. The molecule has 4 heterocycles. The summed E-state index contributed by atoms with van der Waals surface area (Å²) in [7, 11) is 0. The number of aromatic nitrogens is 1. The Hall–Kier alpha value is -10.6. The second-order valence-corrected chi connectivity index (χ2v) is 22.8. The molecule has 5 heteroatoms. The van der Waals surface area contributed by atoms with Crippen LogP contribution in [-0.2, 0) is 5.41 Å². The van der Waals surface area contributed by atoms with E-state index in [1.807, 2.05) is 12.1 Å². The van der Waals surface area contributed by atoms with Crippen LogP contribution in [0.5, 0.6) is 0 Å². The molecule has 0 radical (unpaired) electrons. The van der Waals surface area contributed by atoms with Crippen LogP contribution >= 0.6 is 0 Å². The number of hydrogen-bond acceptors (Lipinski definition) is 4. The standard InChI is InChI=1S/C77H49N3O2/c1-77(2)66-26-12-9-21-56(66)57-36-33-48(43-67(57)77)51-41-64-62-39-46-31-34-54(78(52-17-5-3-6-18-52)68-27-15-24-60-58-22-10-13-29-72(58)81-75(60)68)37-49(46)44-70(62)80-71-45-50-38-55(35-32-47(50)40-63(71)65(42-51)74(64)80)79(53-19-7-4-8-20-53)69-28-16-25-61-59-23-11-14-30-73(59)82-76(61)69/h3-45H,1-2H3. The van der Waals surface area contributed by atoms with Crippen molar-refractivity contribution in [3.63, 3.8) is 0 Å². The van der Waals surface area contributed by atoms with Crippen molar-refractivity contribution in [2.75, 3.05) is 9.80 Å². The van der Waals surface area contributed by atoms with Crippen LogP contribution in [0.2, 0.25) is 0 Å². The van der Waals surface area contributed by atoms with E-state index in [9.17, 15) is 0 Å². The number of furan rings is 2. The first-order chi connectivity index (χ1) is 40.4. The smallest absolute Gasteiger partial charge is 0.159 e. The zero-order chi connectivity index (χ0) is 53.9. The Morgan fingerprint density at radius 1 is 0.317 bits per heavy atom. The van der Waals surface area contributed by atoms with Crippen molar-refractivity contribution in [1.82, 2.24) is 4.40 Å². The number of rotatable bonds is 7. The van der Waals surface area contributed by atoms with Crippen LogP contribution in [0.25, 0.3) is 126 Å². The summed E-state index contributed by atoms with van der Waals surface area (Å²) in [6, 6.07) is 95.5. The van der Waals surface area contributed by atoms with Crippen LogP contribution in [0.4, 0.5) is 34.1 Å². The van der Waals surface area contributed by atoms with Crippen molar-refractivity contribution < 1.29 is 8.83 Å². The molecular formula is C77H49N3O2. The summed E-state index contributed by atoms with van der Waals surface area (Å²) < 4.78 is 16.0. The lowest BCUT2D eigenvalue weighted by Gasteiger charge is -2.26. The summed E-state index contributed by atoms with van der Waals surface area (Å²) in [5.74, 6) is 0. The highest BCUT2D eigenvalue weighted by molar-refractivity contribution is 6.27. The van der Waals surface area contributed by atoms with Gasteiger partial charge in [-0.05, 0) is 170 Å². The van der Waals surface area contributed by atoms with Crippen molar-refractivity contribution in [2.24, 2.45) is 0 Å². The quantitative estimate of drug-likeness (QED) is 0.159. The Labute approximate surface area is 471 Å². The zero-order valence-electron chi connectivity index (χ0n) is 45.0. The molecule has 0 unspecified atom stereocenters. The second kappa shape index (κ2) is 16.7. The number of hydrogen-bond donors (Lipinski definition) is 0. The minimum Gasteiger partial charge on any atom is -0.454 e. The van der Waals surface area contributed by atoms with Crippen molar-refractivity contribution in [3.05, 3.63) is 272 Å². The number of anilines is 6. The molecule has 0 spiro atoms. The van der Waals surface area contributed by atoms with E-state index in [4.69, 9.17) is 8.83 Å². The second-order valence-electron chi connectivity index (χ2n) is 22.8. The van der Waals surface area contributed by atoms with E-state index in [0.717, 1.165) is 88.8 Å². The van der Waals surface area contributed by atoms with Gasteiger partial charge < -0.3 is 23.0 Å². The first kappa shape index (κ1) is 45.3. The largest absolute Gasteiger partial charge is 0.454 e. The molecule has 0 atom stereocenters. The maximum absolute atomic E-state index is 6.72. The minimum absolute atomic E-state index is 0.121. The summed E-state index contributed by atoms with van der Waals surface area (Å²) >= 11 is 0. The molecule has 82 heavy (non-hydrogen) atoms. The van der Waals surface area contributed by atoms with Crippen LogP contribution in [-0.4, -0.2) is 4.40 Å². The lowest BCUT2D eigenvalue weighted by Crippen LogP contribution is -2.14. The highest BCUT2D eigenvalue weighted by atomic mass is 16.3. The molecule has 1 aliphatic rings. The van der Waals surface area contributed by atoms with E-state index in [2.05, 4.69) is 277 Å². The molecule has 1 aliphatic carbocycles. The van der Waals surface area contributed by atoms with Crippen molar-refractivity contribution >= 4 is 138 Å². The molecule has 0 saturated heterocycles. The van der Waals surface area contributed by atoms with E-state index in [0.29, 0.717) is 0 Å². The van der Waals surface area contributed by atoms with Gasteiger partial charge in [0.05, 0.1) is 27.9 Å². The Kier molecular flexibility index (Phi) is 9.23. The van der Waals surface area contributed by atoms with Gasteiger partial charge in [0.25, 0.3) is 0 Å². The van der Waals surface area contributed by atoms with E-state index in [1.165, 1.54) is 82.2 Å². The predicted octanol–water partition coefficient (Wildman–Crippen LogP) is 21.9. The Balaban J connectivity index is 0.874. The molecule has 4 aromatic heterocycles. The summed E-state index contributed by atoms with van der Waals surface area (Å²) in [4.78, 5) is 4.68. The van der Waals surface area contributed by atoms with Crippen molar-refractivity contribution in [1.29, 1.82) is 0 Å². The van der Waals surface area contributed by atoms with Gasteiger partial charge in [0.1, 0.15) is 11.2 Å². The number of benzene rings is 13. The predicted molar refractivity (Wildman–Crippen MR) is 343 cm³/mol. The fourth-order valence-corrected chi connectivity index (χ4v) is 14.2. The lowest BCUT2D eigenvalue weighted by molar-refractivity contribution is 0.660. The van der Waals surface area contributed by atoms with E-state index in [-0.39, 0.29) is 5.41 Å². The molecule has 0 saturated carbocycles. The van der Waals surface area contributed by atoms with Gasteiger partial charge in [0.15, 0.2) is 11.2 Å². The monoisotopic (exact) mass is 1050 g/mol. The van der Waals surface area contributed by atoms with Crippen molar-refractivity contribution in [3.8, 4) is 22.3 Å². The normalized spacial score (nSPS) is 13.1. The third-order valence-electron chi connectivity index (χ3n) is 18.0. The summed E-state index contributed by atoms with van der Waals surface area (Å²) in [6.07, 6.45) is 0. The molecule has 0 N–H and O–H groups in total. The van der Waals surface area contributed by atoms with Gasteiger partial charge >= 0.3 is 0 Å². The first-order valence-corrected chi connectivity index (χ1v) is 28.3. The van der Waals surface area contributed by atoms with Crippen LogP contribution in [0, 0.1) is 0 Å². The highest BCUT2D eigenvalue weighted by Crippen LogP contribution is 2.52. The maximum Gasteiger partial charge on any atom is 0.159 e. The third kappa shape index (κ3) is 6.39. The van der Waals surface area contributed by atoms with Crippen LogP contribution in [0.1, 0.15) is 25.0 Å². The van der Waals surface area contributed by atoms with E-state index < -0.39 is 0 Å². The van der Waals surface area contributed by atoms with Gasteiger partial charge in [-0.25, -0.2) is 0 Å². The molecule has 18 rings (SSSR count). The van der Waals surface area contributed by atoms with Crippen LogP contribution in [0.3, 0.4) is 0 Å². The molecule has 0 aliphatic heterocycles. The molecule has 13 aromatic carbocycles. The zero-order valence-corrected chi connectivity index (χ0v) is 45.0. The van der Waals surface area contributed by atoms with Crippen molar-refractivity contribution in [2.45, 2.75) is 19.3 Å². The first-order valence-electron chi connectivity index (χ1n) is 28.3. The minimum atomic E-state index is -0.121. The van der Waals surface area contributed by atoms with Crippen LogP contribution in [0.15, 0.2) is 270 Å². The highest BCUT2D eigenvalue weighted by Gasteiger charge is 2.35. The van der Waals surface area contributed by atoms with Gasteiger partial charge in [-0.2, -0.15) is 0 Å². The lowest BCUT2D eigenvalue weighted by atomic mass is 9.81. The van der Waals surface area contributed by atoms with E-state index >= 15 is 0 Å². The summed E-state index contributed by atoms with van der Waals surface area (Å²) in [5, 5.41) is 14.0. The molecular weight excluding hydrogens is 999 g/mol. The molecule has 0 amide bonds. The van der Waals surface area contributed by atoms with E-state index in [1.54, 1.807) is 0 Å². The van der Waals surface area contributed by atoms with Gasteiger partial charge in [-0.15, -0.1) is 0 Å². The number of fused-ring (bicyclic) bond motifs is 17. The van der Waals surface area contributed by atoms with Gasteiger partial charge in [0.2, 0.25) is 0 Å². The van der Waals surface area contributed by atoms with Gasteiger partial charge in [0, 0.05) is 71.3 Å². The maximum atomic E-state index is 6.72. The Morgan fingerprint density at radius 2 is 0.805 bits per heavy atom. The SMILES string of the molecule is CC1(C)c2ccccc2-c2ccc(-c3cc4c5cc6ccc(N(c7ccccc7)c7cccc8c7oc7ccccc78)cc6cc5n5c6cc7cc(N(c8ccccc8)c8cccc9c8oc8ccccc89)ccc7cc6c(c3)c45)cc21. The molecule has 17 aromatic rings. The van der Waals surface area contributed by atoms with Gasteiger partial charge in [-0.1, -0.05) is 159 Å². The molecule has 384 valence electrons. The average molecular weight is 1050 g/mol. The molecule has 0 fully saturated rings. The summed E-state index contributed by atoms with van der Waals surface area (Å²) in [5.41, 5.74) is 21.0. The average Bonchev–Trinajstić information content (AvgIpc) is 3.05. The fraction of sp³-hybridized carbons (Fsp3) is 0.0390. The third-order valence-corrected chi connectivity index (χ3v) is 18.0. The number of para-hydroxylation sites is 6. The molecule has 0 bridgehead atoms. The molecule has 5 nitrogen and oxygen atoms in total. The Morgan fingerprint density at radius 3 is 1.37 bits per heavy atom. The topological polar surface area (TPSA) is 37.2 Å². The van der Waals surface area contributed by atoms with Gasteiger partial charge in [-0.3, -0.25) is 0 Å². The summed E-state index contributed by atoms with van der Waals surface area (Å²) in [6.45, 7) is 4.75.